The van der Waals surface area contributed by atoms with Gasteiger partial charge >= 0.3 is 0 Å². The van der Waals surface area contributed by atoms with Gasteiger partial charge in [0.2, 0.25) is 0 Å². The van der Waals surface area contributed by atoms with Gasteiger partial charge in [0.05, 0.1) is 16.1 Å². The predicted molar refractivity (Wildman–Crippen MR) is 126 cm³/mol. The maximum Gasteiger partial charge on any atom is 0.261 e. The van der Waals surface area contributed by atoms with E-state index in [-0.39, 0.29) is 28.1 Å². The number of carbonyl (C=O) groups excluding carboxylic acids is 1. The fourth-order valence-electron chi connectivity index (χ4n) is 3.93. The zero-order chi connectivity index (χ0) is 23.3. The molecule has 8 heteroatoms. The molecule has 0 unspecified atom stereocenters. The van der Waals surface area contributed by atoms with E-state index < -0.39 is 15.8 Å². The number of hydrogen-bond donors (Lipinski definition) is 2. The highest BCUT2D eigenvalue weighted by molar-refractivity contribution is 7.92. The van der Waals surface area contributed by atoms with Crippen LogP contribution >= 0.6 is 0 Å². The van der Waals surface area contributed by atoms with Gasteiger partial charge in [-0.1, -0.05) is 42.5 Å². The Kier molecular flexibility index (Phi) is 7.05. The number of piperidine rings is 1. The molecule has 1 amide bonds. The zero-order valence-corrected chi connectivity index (χ0v) is 18.9. The van der Waals surface area contributed by atoms with Crippen LogP contribution in [0.5, 0.6) is 0 Å². The summed E-state index contributed by atoms with van der Waals surface area (Å²) in [4.78, 5) is 15.2. The Bertz CT molecular complexity index is 1190. The predicted octanol–water partition coefficient (Wildman–Crippen LogP) is 4.02. The summed E-state index contributed by atoms with van der Waals surface area (Å²) in [5.41, 5.74) is 1.69. The van der Waals surface area contributed by atoms with E-state index in [0.717, 1.165) is 44.6 Å². The number of carbonyl (C=O) groups is 1. The van der Waals surface area contributed by atoms with Crippen LogP contribution in [0.3, 0.4) is 0 Å². The number of nitrogens with one attached hydrogen (secondary N) is 2. The van der Waals surface area contributed by atoms with Crippen molar-refractivity contribution in [1.82, 2.24) is 10.2 Å². The molecule has 0 aliphatic carbocycles. The molecule has 33 heavy (non-hydrogen) atoms. The third kappa shape index (κ3) is 5.97. The molecule has 0 bridgehead atoms. The van der Waals surface area contributed by atoms with Crippen LogP contribution in [0.2, 0.25) is 0 Å². The summed E-state index contributed by atoms with van der Waals surface area (Å²) >= 11 is 0. The minimum atomic E-state index is -3.96. The van der Waals surface area contributed by atoms with Crippen molar-refractivity contribution >= 4 is 21.6 Å². The van der Waals surface area contributed by atoms with Crippen molar-refractivity contribution in [3.8, 4) is 0 Å². The van der Waals surface area contributed by atoms with Crippen LogP contribution in [0, 0.1) is 5.82 Å². The first kappa shape index (κ1) is 22.9. The molecule has 0 spiro atoms. The Hall–Kier alpha value is -3.23. The van der Waals surface area contributed by atoms with E-state index in [1.807, 2.05) is 18.2 Å². The minimum Gasteiger partial charge on any atom is -0.349 e. The normalized spacial score (nSPS) is 15.2. The van der Waals surface area contributed by atoms with E-state index in [1.54, 1.807) is 24.3 Å². The monoisotopic (exact) mass is 467 g/mol. The van der Waals surface area contributed by atoms with Gasteiger partial charge < -0.3 is 5.32 Å². The molecular weight excluding hydrogens is 441 g/mol. The van der Waals surface area contributed by atoms with E-state index >= 15 is 0 Å². The summed E-state index contributed by atoms with van der Waals surface area (Å²) in [6.07, 6.45) is 1.64. The van der Waals surface area contributed by atoms with Crippen LogP contribution in [-0.4, -0.2) is 38.4 Å². The molecule has 3 aromatic carbocycles. The number of likely N-dealkylation sites (tertiary alicyclic amines) is 1. The largest absolute Gasteiger partial charge is 0.349 e. The molecule has 172 valence electrons. The van der Waals surface area contributed by atoms with Crippen LogP contribution in [-0.2, 0) is 16.6 Å². The van der Waals surface area contributed by atoms with E-state index in [2.05, 4.69) is 27.1 Å². The lowest BCUT2D eigenvalue weighted by atomic mass is 10.0. The third-order valence-corrected chi connectivity index (χ3v) is 7.09. The summed E-state index contributed by atoms with van der Waals surface area (Å²) in [5, 5.41) is 3.04. The van der Waals surface area contributed by atoms with Crippen molar-refractivity contribution in [3.63, 3.8) is 0 Å². The van der Waals surface area contributed by atoms with Gasteiger partial charge in [-0.25, -0.2) is 12.8 Å². The first-order chi connectivity index (χ1) is 15.9. The molecule has 4 rings (SSSR count). The van der Waals surface area contributed by atoms with E-state index in [0.29, 0.717) is 0 Å². The highest BCUT2D eigenvalue weighted by atomic mass is 32.2. The summed E-state index contributed by atoms with van der Waals surface area (Å²) in [5.74, 6) is -0.850. The molecule has 1 aliphatic rings. The van der Waals surface area contributed by atoms with Crippen LogP contribution in [0.15, 0.2) is 83.8 Å². The number of anilines is 1. The van der Waals surface area contributed by atoms with Crippen LogP contribution in [0.25, 0.3) is 0 Å². The fraction of sp³-hybridized carbons (Fsp3) is 0.240. The second-order valence-corrected chi connectivity index (χ2v) is 9.80. The quantitative estimate of drug-likeness (QED) is 0.550. The van der Waals surface area contributed by atoms with Crippen molar-refractivity contribution in [2.45, 2.75) is 30.3 Å². The maximum atomic E-state index is 13.2. The molecule has 0 radical (unpaired) electrons. The topological polar surface area (TPSA) is 78.5 Å². The first-order valence-corrected chi connectivity index (χ1v) is 12.3. The second kappa shape index (κ2) is 10.1. The third-order valence-electron chi connectivity index (χ3n) is 5.71. The molecule has 1 aliphatic heterocycles. The first-order valence-electron chi connectivity index (χ1n) is 10.9. The van der Waals surface area contributed by atoms with Gasteiger partial charge in [-0.05, 0) is 54.8 Å². The molecule has 0 saturated carbocycles. The second-order valence-electron chi connectivity index (χ2n) is 8.11. The number of rotatable bonds is 7. The lowest BCUT2D eigenvalue weighted by Crippen LogP contribution is -2.44. The van der Waals surface area contributed by atoms with Gasteiger partial charge in [0.15, 0.2) is 0 Å². The average Bonchev–Trinajstić information content (AvgIpc) is 2.81. The van der Waals surface area contributed by atoms with E-state index in [9.17, 15) is 17.6 Å². The molecule has 2 N–H and O–H groups in total. The van der Waals surface area contributed by atoms with Crippen LogP contribution in [0.1, 0.15) is 28.8 Å². The molecule has 6 nitrogen and oxygen atoms in total. The van der Waals surface area contributed by atoms with Crippen LogP contribution < -0.4 is 10.0 Å². The van der Waals surface area contributed by atoms with Crippen molar-refractivity contribution < 1.29 is 17.6 Å². The molecule has 0 aromatic heterocycles. The number of sulfonamides is 1. The Labute approximate surface area is 193 Å². The van der Waals surface area contributed by atoms with Crippen molar-refractivity contribution in [2.24, 2.45) is 0 Å². The van der Waals surface area contributed by atoms with E-state index in [4.69, 9.17) is 0 Å². The zero-order valence-electron chi connectivity index (χ0n) is 18.1. The Morgan fingerprint density at radius 2 is 1.55 bits per heavy atom. The fourth-order valence-corrected chi connectivity index (χ4v) is 5.01. The number of benzene rings is 3. The smallest absolute Gasteiger partial charge is 0.261 e. The molecule has 1 fully saturated rings. The Morgan fingerprint density at radius 3 is 2.24 bits per heavy atom. The maximum absolute atomic E-state index is 13.2. The molecule has 1 saturated heterocycles. The SMILES string of the molecule is O=C(NC1CCN(Cc2ccccc2)CC1)c1ccccc1NS(=O)(=O)c1ccc(F)cc1. The van der Waals surface area contributed by atoms with Gasteiger partial charge in [-0.3, -0.25) is 14.4 Å². The summed E-state index contributed by atoms with van der Waals surface area (Å²) in [6.45, 7) is 2.63. The summed E-state index contributed by atoms with van der Waals surface area (Å²) in [7, 11) is -3.96. The molecule has 3 aromatic rings. The van der Waals surface area contributed by atoms with Gasteiger partial charge in [0, 0.05) is 25.7 Å². The van der Waals surface area contributed by atoms with Gasteiger partial charge in [0.25, 0.3) is 15.9 Å². The van der Waals surface area contributed by atoms with Crippen molar-refractivity contribution in [2.75, 3.05) is 17.8 Å². The standard InChI is InChI=1S/C25H26FN3O3S/c26-20-10-12-22(13-11-20)33(31,32)28-24-9-5-4-8-23(24)25(30)27-21-14-16-29(17-15-21)18-19-6-2-1-3-7-19/h1-13,21,28H,14-18H2,(H,27,30). The highest BCUT2D eigenvalue weighted by Gasteiger charge is 2.23. The number of amides is 1. The van der Waals surface area contributed by atoms with E-state index in [1.165, 1.54) is 17.7 Å². The summed E-state index contributed by atoms with van der Waals surface area (Å²) in [6, 6.07) is 21.3. The molecule has 1 heterocycles. The van der Waals surface area contributed by atoms with Crippen molar-refractivity contribution in [3.05, 3.63) is 95.8 Å². The molecular formula is C25H26FN3O3S. The number of halogens is 1. The average molecular weight is 468 g/mol. The Morgan fingerprint density at radius 1 is 0.909 bits per heavy atom. The van der Waals surface area contributed by atoms with Crippen LogP contribution in [0.4, 0.5) is 10.1 Å². The van der Waals surface area contributed by atoms with Gasteiger partial charge in [0.1, 0.15) is 5.82 Å². The van der Waals surface area contributed by atoms with Gasteiger partial charge in [-0.15, -0.1) is 0 Å². The summed E-state index contributed by atoms with van der Waals surface area (Å²) < 4.78 is 41.0. The van der Waals surface area contributed by atoms with Crippen molar-refractivity contribution in [1.29, 1.82) is 0 Å². The number of hydrogen-bond acceptors (Lipinski definition) is 4. The lowest BCUT2D eigenvalue weighted by molar-refractivity contribution is 0.0910. The van der Waals surface area contributed by atoms with Gasteiger partial charge in [-0.2, -0.15) is 0 Å². The lowest BCUT2D eigenvalue weighted by Gasteiger charge is -2.32. The minimum absolute atomic E-state index is 0.0197. The highest BCUT2D eigenvalue weighted by Crippen LogP contribution is 2.21. The number of nitrogens with zero attached hydrogens (tertiary/aromatic N) is 1. The number of para-hydroxylation sites is 1. The Balaban J connectivity index is 1.38. The molecule has 0 atom stereocenters.